The van der Waals surface area contributed by atoms with Gasteiger partial charge in [0, 0.05) is 5.54 Å². The molecule has 0 aromatic carbocycles. The first-order valence-corrected chi connectivity index (χ1v) is 6.82. The fourth-order valence-electron chi connectivity index (χ4n) is 2.21. The van der Waals surface area contributed by atoms with Crippen molar-refractivity contribution in [1.82, 2.24) is 5.32 Å². The van der Waals surface area contributed by atoms with Crippen molar-refractivity contribution >= 4 is 5.96 Å². The number of nitrogens with zero attached hydrogens (tertiary/aromatic N) is 1. The first-order valence-electron chi connectivity index (χ1n) is 6.82. The summed E-state index contributed by atoms with van der Waals surface area (Å²) in [7, 11) is 0. The third-order valence-electron chi connectivity index (χ3n) is 3.58. The van der Waals surface area contributed by atoms with Crippen LogP contribution in [0.2, 0.25) is 0 Å². The van der Waals surface area contributed by atoms with Gasteiger partial charge in [0.05, 0.1) is 12.1 Å². The molecular weight excluding hydrogens is 226 g/mol. The molecule has 0 bridgehead atoms. The van der Waals surface area contributed by atoms with E-state index >= 15 is 0 Å². The molecule has 4 nitrogen and oxygen atoms in total. The predicted octanol–water partition coefficient (Wildman–Crippen LogP) is 2.02. The van der Waals surface area contributed by atoms with Gasteiger partial charge in [0.2, 0.25) is 0 Å². The summed E-state index contributed by atoms with van der Waals surface area (Å²) >= 11 is 0. The van der Waals surface area contributed by atoms with E-state index in [9.17, 15) is 5.11 Å². The van der Waals surface area contributed by atoms with Gasteiger partial charge in [-0.15, -0.1) is 0 Å². The molecule has 1 aliphatic rings. The standard InChI is InChI=1S/C14H29N3O/c1-12(2,3)17-11(15)16-10-14(18)8-6-13(4,5)7-9-14/h18H,6-10H2,1-5H3,(H3,15,16,17). The Bertz CT molecular complexity index is 305. The number of hydrogen-bond donors (Lipinski definition) is 3. The highest BCUT2D eigenvalue weighted by molar-refractivity contribution is 5.78. The minimum Gasteiger partial charge on any atom is -0.388 e. The van der Waals surface area contributed by atoms with Crippen molar-refractivity contribution in [2.75, 3.05) is 6.54 Å². The van der Waals surface area contributed by atoms with Crippen LogP contribution in [0.1, 0.15) is 60.3 Å². The summed E-state index contributed by atoms with van der Waals surface area (Å²) in [5.41, 5.74) is 5.41. The molecule has 4 N–H and O–H groups in total. The Balaban J connectivity index is 2.50. The van der Waals surface area contributed by atoms with Crippen molar-refractivity contribution < 1.29 is 5.11 Å². The molecule has 0 amide bonds. The van der Waals surface area contributed by atoms with Crippen LogP contribution >= 0.6 is 0 Å². The Morgan fingerprint density at radius 2 is 1.72 bits per heavy atom. The van der Waals surface area contributed by atoms with Gasteiger partial charge >= 0.3 is 0 Å². The van der Waals surface area contributed by atoms with Crippen LogP contribution in [-0.2, 0) is 0 Å². The molecular formula is C14H29N3O. The lowest BCUT2D eigenvalue weighted by Crippen LogP contribution is -2.46. The van der Waals surface area contributed by atoms with Gasteiger partial charge < -0.3 is 16.2 Å². The van der Waals surface area contributed by atoms with Crippen molar-refractivity contribution in [2.24, 2.45) is 16.1 Å². The fraction of sp³-hybridized carbons (Fsp3) is 0.929. The quantitative estimate of drug-likeness (QED) is 0.522. The van der Waals surface area contributed by atoms with Gasteiger partial charge in [-0.05, 0) is 51.9 Å². The number of nitrogens with one attached hydrogen (secondary N) is 1. The molecule has 1 fully saturated rings. The van der Waals surface area contributed by atoms with Crippen molar-refractivity contribution in [1.29, 1.82) is 0 Å². The first kappa shape index (κ1) is 15.3. The number of rotatable bonds is 2. The Hall–Kier alpha value is -0.770. The van der Waals surface area contributed by atoms with Crippen LogP contribution in [0.25, 0.3) is 0 Å². The largest absolute Gasteiger partial charge is 0.388 e. The average Bonchev–Trinajstić information content (AvgIpc) is 2.18. The van der Waals surface area contributed by atoms with Gasteiger partial charge in [-0.25, -0.2) is 0 Å². The smallest absolute Gasteiger partial charge is 0.189 e. The summed E-state index contributed by atoms with van der Waals surface area (Å²) in [6.07, 6.45) is 3.72. The lowest BCUT2D eigenvalue weighted by atomic mass is 9.71. The normalized spacial score (nSPS) is 23.8. The Morgan fingerprint density at radius 3 is 2.17 bits per heavy atom. The molecule has 1 rings (SSSR count). The summed E-state index contributed by atoms with van der Waals surface area (Å²) in [5.74, 6) is 0.417. The zero-order valence-corrected chi connectivity index (χ0v) is 12.5. The van der Waals surface area contributed by atoms with E-state index in [0.29, 0.717) is 17.9 Å². The summed E-state index contributed by atoms with van der Waals surface area (Å²) in [5, 5.41) is 13.6. The molecule has 0 unspecified atom stereocenters. The summed E-state index contributed by atoms with van der Waals surface area (Å²) < 4.78 is 0. The maximum atomic E-state index is 10.5. The van der Waals surface area contributed by atoms with Crippen LogP contribution in [0, 0.1) is 5.41 Å². The van der Waals surface area contributed by atoms with Gasteiger partial charge in [0.15, 0.2) is 5.96 Å². The van der Waals surface area contributed by atoms with Crippen LogP contribution < -0.4 is 11.1 Å². The first-order chi connectivity index (χ1) is 8.02. The average molecular weight is 255 g/mol. The molecule has 0 atom stereocenters. The highest BCUT2D eigenvalue weighted by atomic mass is 16.3. The lowest BCUT2D eigenvalue weighted by Gasteiger charge is -2.39. The minimum absolute atomic E-state index is 0.0925. The third-order valence-corrected chi connectivity index (χ3v) is 3.58. The zero-order valence-electron chi connectivity index (χ0n) is 12.5. The highest BCUT2D eigenvalue weighted by Crippen LogP contribution is 2.40. The molecule has 0 aromatic rings. The monoisotopic (exact) mass is 255 g/mol. The van der Waals surface area contributed by atoms with E-state index in [4.69, 9.17) is 5.73 Å². The molecule has 106 valence electrons. The molecule has 0 radical (unpaired) electrons. The SMILES string of the molecule is CC1(C)CCC(O)(CN=C(N)NC(C)(C)C)CC1. The second-order valence-electron chi connectivity index (χ2n) is 7.47. The van der Waals surface area contributed by atoms with Gasteiger partial charge in [0.25, 0.3) is 0 Å². The number of aliphatic hydroxyl groups is 1. The predicted molar refractivity (Wildman–Crippen MR) is 76.6 cm³/mol. The van der Waals surface area contributed by atoms with E-state index in [1.54, 1.807) is 0 Å². The van der Waals surface area contributed by atoms with E-state index in [1.807, 2.05) is 20.8 Å². The van der Waals surface area contributed by atoms with Gasteiger partial charge in [-0.3, -0.25) is 4.99 Å². The van der Waals surface area contributed by atoms with Crippen molar-refractivity contribution in [2.45, 2.75) is 71.4 Å². The van der Waals surface area contributed by atoms with Gasteiger partial charge in [0.1, 0.15) is 0 Å². The second-order valence-corrected chi connectivity index (χ2v) is 7.47. The molecule has 18 heavy (non-hydrogen) atoms. The number of guanidine groups is 1. The zero-order chi connectivity index (χ0) is 14.0. The van der Waals surface area contributed by atoms with Gasteiger partial charge in [-0.2, -0.15) is 0 Å². The van der Waals surface area contributed by atoms with Crippen molar-refractivity contribution in [3.8, 4) is 0 Å². The second kappa shape index (κ2) is 5.08. The highest BCUT2D eigenvalue weighted by Gasteiger charge is 2.36. The molecule has 0 aromatic heterocycles. The summed E-state index contributed by atoms with van der Waals surface area (Å²) in [6.45, 7) is 11.0. The maximum absolute atomic E-state index is 10.5. The summed E-state index contributed by atoms with van der Waals surface area (Å²) in [4.78, 5) is 4.29. The van der Waals surface area contributed by atoms with Crippen LogP contribution in [-0.4, -0.2) is 28.8 Å². The van der Waals surface area contributed by atoms with Crippen LogP contribution in [0.3, 0.4) is 0 Å². The van der Waals surface area contributed by atoms with E-state index in [-0.39, 0.29) is 5.54 Å². The summed E-state index contributed by atoms with van der Waals surface area (Å²) in [6, 6.07) is 0. The topological polar surface area (TPSA) is 70.6 Å². The Labute approximate surface area is 111 Å². The fourth-order valence-corrected chi connectivity index (χ4v) is 2.21. The molecule has 4 heteroatoms. The molecule has 0 saturated heterocycles. The van der Waals surface area contributed by atoms with Gasteiger partial charge in [-0.1, -0.05) is 13.8 Å². The number of hydrogen-bond acceptors (Lipinski definition) is 2. The van der Waals surface area contributed by atoms with E-state index in [1.165, 1.54) is 0 Å². The number of aliphatic imine (C=N–C) groups is 1. The van der Waals surface area contributed by atoms with Crippen LogP contribution in [0.4, 0.5) is 0 Å². The molecule has 0 aliphatic heterocycles. The van der Waals surface area contributed by atoms with E-state index < -0.39 is 5.60 Å². The van der Waals surface area contributed by atoms with E-state index in [0.717, 1.165) is 25.7 Å². The molecule has 1 aliphatic carbocycles. The molecule has 1 saturated carbocycles. The van der Waals surface area contributed by atoms with Crippen LogP contribution in [0.15, 0.2) is 4.99 Å². The lowest BCUT2D eigenvalue weighted by molar-refractivity contribution is -0.0175. The third kappa shape index (κ3) is 5.25. The molecule has 0 heterocycles. The minimum atomic E-state index is -0.667. The molecule has 0 spiro atoms. The Kier molecular flexibility index (Phi) is 4.31. The van der Waals surface area contributed by atoms with Crippen molar-refractivity contribution in [3.05, 3.63) is 0 Å². The van der Waals surface area contributed by atoms with Crippen molar-refractivity contribution in [3.63, 3.8) is 0 Å². The Morgan fingerprint density at radius 1 is 1.22 bits per heavy atom. The number of nitrogens with two attached hydrogens (primary N) is 1. The maximum Gasteiger partial charge on any atom is 0.189 e. The van der Waals surface area contributed by atoms with Crippen LogP contribution in [0.5, 0.6) is 0 Å². The van der Waals surface area contributed by atoms with E-state index in [2.05, 4.69) is 24.2 Å².